The summed E-state index contributed by atoms with van der Waals surface area (Å²) >= 11 is 0. The van der Waals surface area contributed by atoms with Crippen LogP contribution in [0.5, 0.6) is 0 Å². The molecule has 2 atom stereocenters. The maximum Gasteiger partial charge on any atom is 0.258 e. The van der Waals surface area contributed by atoms with Crippen molar-refractivity contribution in [2.45, 2.75) is 44.9 Å². The number of rotatable bonds is 6. The molecule has 9 nitrogen and oxygen atoms in total. The van der Waals surface area contributed by atoms with Gasteiger partial charge in [0.2, 0.25) is 10.0 Å². The van der Waals surface area contributed by atoms with Crippen LogP contribution in [0.4, 0.5) is 5.69 Å². The molecule has 2 aliphatic heterocycles. The topological polar surface area (TPSA) is 113 Å². The van der Waals surface area contributed by atoms with Crippen molar-refractivity contribution in [1.82, 2.24) is 14.9 Å². The van der Waals surface area contributed by atoms with Gasteiger partial charge in [-0.15, -0.1) is 0 Å². The SMILES string of the molecule is C[C@H]1Cc2cc(C(=O)N(Cc3nc4ccccc4c(=O)[nH]3)C[C@H]3CCCO3)ccc2N1S(C)(=O)=O. The molecule has 0 bridgehead atoms. The van der Waals surface area contributed by atoms with Gasteiger partial charge in [0.15, 0.2) is 0 Å². The van der Waals surface area contributed by atoms with Crippen molar-refractivity contribution in [2.75, 3.05) is 23.7 Å². The summed E-state index contributed by atoms with van der Waals surface area (Å²) in [5, 5.41) is 0.497. The smallest absolute Gasteiger partial charge is 0.258 e. The fourth-order valence-electron chi connectivity index (χ4n) is 5.07. The zero-order valence-electron chi connectivity index (χ0n) is 19.7. The second-order valence-corrected chi connectivity index (χ2v) is 11.2. The van der Waals surface area contributed by atoms with E-state index in [-0.39, 0.29) is 30.2 Å². The van der Waals surface area contributed by atoms with E-state index < -0.39 is 10.0 Å². The Labute approximate surface area is 203 Å². The lowest BCUT2D eigenvalue weighted by Crippen LogP contribution is -2.38. The molecule has 0 aliphatic carbocycles. The summed E-state index contributed by atoms with van der Waals surface area (Å²) in [6.07, 6.45) is 3.45. The van der Waals surface area contributed by atoms with Crippen LogP contribution in [0.1, 0.15) is 41.5 Å². The van der Waals surface area contributed by atoms with E-state index in [1.807, 2.05) is 13.0 Å². The number of nitrogens with zero attached hydrogens (tertiary/aromatic N) is 3. The molecule has 0 unspecified atom stereocenters. The zero-order chi connectivity index (χ0) is 24.7. The quantitative estimate of drug-likeness (QED) is 0.561. The molecule has 1 amide bonds. The first-order valence-corrected chi connectivity index (χ1v) is 13.6. The summed E-state index contributed by atoms with van der Waals surface area (Å²) in [5.74, 6) is 0.183. The Bertz CT molecular complexity index is 1450. The molecule has 184 valence electrons. The van der Waals surface area contributed by atoms with E-state index >= 15 is 0 Å². The molecule has 1 N–H and O–H groups in total. The fourth-order valence-corrected chi connectivity index (χ4v) is 6.33. The number of aromatic amines is 1. The number of H-pyrrole nitrogens is 1. The summed E-state index contributed by atoms with van der Waals surface area (Å²) in [7, 11) is -3.41. The molecule has 3 heterocycles. The fraction of sp³-hybridized carbons (Fsp3) is 0.400. The van der Waals surface area contributed by atoms with Crippen LogP contribution in [0.25, 0.3) is 10.9 Å². The molecule has 5 rings (SSSR count). The van der Waals surface area contributed by atoms with Crippen LogP contribution in [0.2, 0.25) is 0 Å². The third-order valence-electron chi connectivity index (χ3n) is 6.57. The molecule has 1 saturated heterocycles. The Hall–Kier alpha value is -3.24. The molecule has 35 heavy (non-hydrogen) atoms. The molecule has 1 aromatic heterocycles. The first-order valence-electron chi connectivity index (χ1n) is 11.7. The Morgan fingerprint density at radius 3 is 2.80 bits per heavy atom. The summed E-state index contributed by atoms with van der Waals surface area (Å²) in [4.78, 5) is 35.2. The van der Waals surface area contributed by atoms with Crippen LogP contribution in [0.3, 0.4) is 0 Å². The van der Waals surface area contributed by atoms with Gasteiger partial charge in [-0.3, -0.25) is 13.9 Å². The van der Waals surface area contributed by atoms with Gasteiger partial charge in [0, 0.05) is 24.8 Å². The molecule has 1 fully saturated rings. The number of aromatic nitrogens is 2. The van der Waals surface area contributed by atoms with Crippen LogP contribution in [-0.4, -0.2) is 60.7 Å². The van der Waals surface area contributed by atoms with Gasteiger partial charge < -0.3 is 14.6 Å². The molecule has 3 aromatic rings. The molecule has 10 heteroatoms. The molecular formula is C25H28N4O5S. The van der Waals surface area contributed by atoms with Gasteiger partial charge in [0.1, 0.15) is 5.82 Å². The van der Waals surface area contributed by atoms with E-state index in [1.54, 1.807) is 41.3 Å². The van der Waals surface area contributed by atoms with Crippen molar-refractivity contribution in [1.29, 1.82) is 0 Å². The predicted octanol–water partition coefficient (Wildman–Crippen LogP) is 2.46. The maximum atomic E-state index is 13.7. The second-order valence-electron chi connectivity index (χ2n) is 9.31. The third kappa shape index (κ3) is 4.68. The Balaban J connectivity index is 1.46. The predicted molar refractivity (Wildman–Crippen MR) is 133 cm³/mol. The number of para-hydroxylation sites is 1. The van der Waals surface area contributed by atoms with Crippen LogP contribution in [0.15, 0.2) is 47.3 Å². The van der Waals surface area contributed by atoms with E-state index in [9.17, 15) is 18.0 Å². The van der Waals surface area contributed by atoms with E-state index in [1.165, 1.54) is 10.6 Å². The number of amides is 1. The lowest BCUT2D eigenvalue weighted by Gasteiger charge is -2.26. The van der Waals surface area contributed by atoms with Crippen molar-refractivity contribution in [3.05, 3.63) is 69.8 Å². The lowest BCUT2D eigenvalue weighted by molar-refractivity contribution is 0.0501. The minimum absolute atomic E-state index is 0.0821. The number of anilines is 1. The highest BCUT2D eigenvalue weighted by Crippen LogP contribution is 2.35. The maximum absolute atomic E-state index is 13.7. The van der Waals surface area contributed by atoms with Gasteiger partial charge in [-0.05, 0) is 62.1 Å². The number of fused-ring (bicyclic) bond motifs is 2. The highest BCUT2D eigenvalue weighted by atomic mass is 32.2. The highest BCUT2D eigenvalue weighted by Gasteiger charge is 2.33. The van der Waals surface area contributed by atoms with Crippen molar-refractivity contribution in [3.8, 4) is 0 Å². The van der Waals surface area contributed by atoms with Gasteiger partial charge in [-0.1, -0.05) is 12.1 Å². The molecular weight excluding hydrogens is 468 g/mol. The minimum Gasteiger partial charge on any atom is -0.376 e. The van der Waals surface area contributed by atoms with E-state index in [2.05, 4.69) is 9.97 Å². The van der Waals surface area contributed by atoms with Crippen molar-refractivity contribution in [2.24, 2.45) is 0 Å². The molecule has 0 radical (unpaired) electrons. The summed E-state index contributed by atoms with van der Waals surface area (Å²) < 4.78 is 31.7. The summed E-state index contributed by atoms with van der Waals surface area (Å²) in [6, 6.07) is 12.0. The Morgan fingerprint density at radius 2 is 2.06 bits per heavy atom. The molecule has 0 saturated carbocycles. The van der Waals surface area contributed by atoms with Gasteiger partial charge in [0.25, 0.3) is 11.5 Å². The largest absolute Gasteiger partial charge is 0.376 e. The molecule has 2 aliphatic rings. The van der Waals surface area contributed by atoms with E-state index in [0.717, 1.165) is 18.4 Å². The number of nitrogens with one attached hydrogen (secondary N) is 1. The van der Waals surface area contributed by atoms with Crippen molar-refractivity contribution < 1.29 is 17.9 Å². The summed E-state index contributed by atoms with van der Waals surface area (Å²) in [6.45, 7) is 3.02. The third-order valence-corrected chi connectivity index (χ3v) is 7.85. The van der Waals surface area contributed by atoms with Gasteiger partial charge in [-0.2, -0.15) is 0 Å². The Morgan fingerprint density at radius 1 is 1.26 bits per heavy atom. The van der Waals surface area contributed by atoms with Crippen LogP contribution in [-0.2, 0) is 27.7 Å². The zero-order valence-corrected chi connectivity index (χ0v) is 20.5. The van der Waals surface area contributed by atoms with Crippen molar-refractivity contribution in [3.63, 3.8) is 0 Å². The van der Waals surface area contributed by atoms with Gasteiger partial charge in [-0.25, -0.2) is 13.4 Å². The van der Waals surface area contributed by atoms with E-state index in [4.69, 9.17) is 4.74 Å². The minimum atomic E-state index is -3.41. The van der Waals surface area contributed by atoms with Gasteiger partial charge in [0.05, 0.1) is 35.5 Å². The normalized spacial score (nSPS) is 19.8. The van der Waals surface area contributed by atoms with Crippen molar-refractivity contribution >= 4 is 32.5 Å². The number of hydrogen-bond donors (Lipinski definition) is 1. The number of sulfonamides is 1. The highest BCUT2D eigenvalue weighted by molar-refractivity contribution is 7.92. The van der Waals surface area contributed by atoms with Crippen LogP contribution < -0.4 is 9.86 Å². The summed E-state index contributed by atoms with van der Waals surface area (Å²) in [5.41, 5.74) is 2.23. The first-order chi connectivity index (χ1) is 16.7. The monoisotopic (exact) mass is 496 g/mol. The number of carbonyl (C=O) groups is 1. The molecule has 0 spiro atoms. The first kappa shape index (κ1) is 23.5. The number of benzene rings is 2. The Kier molecular flexibility index (Phi) is 6.10. The number of hydrogen-bond acceptors (Lipinski definition) is 6. The number of carbonyl (C=O) groups excluding carboxylic acids is 1. The van der Waals surface area contributed by atoms with Gasteiger partial charge >= 0.3 is 0 Å². The standard InChI is InChI=1S/C25H28N4O5S/c1-16-12-18-13-17(9-10-22(18)29(16)35(2,32)33)25(31)28(14-19-6-5-11-34-19)15-23-26-21-8-4-3-7-20(21)24(30)27-23/h3-4,7-10,13,16,19H,5-6,11-12,14-15H2,1-2H3,(H,26,27,30)/t16-,19+/m0/s1. The van der Waals surface area contributed by atoms with Crippen LogP contribution in [0, 0.1) is 0 Å². The lowest BCUT2D eigenvalue weighted by atomic mass is 10.1. The van der Waals surface area contributed by atoms with E-state index in [0.29, 0.717) is 47.6 Å². The van der Waals surface area contributed by atoms with Crippen LogP contribution >= 0.6 is 0 Å². The average molecular weight is 497 g/mol. The average Bonchev–Trinajstić information content (AvgIpc) is 3.44. The molecule has 2 aromatic carbocycles. The second kappa shape index (κ2) is 9.09. The number of ether oxygens (including phenoxy) is 1.